The molecule has 8 heteroatoms. The molecule has 0 fully saturated rings. The second-order valence-electron chi connectivity index (χ2n) is 19.4. The number of carbonyl (C=O) groups excluding carboxylic acids is 3. The van der Waals surface area contributed by atoms with Gasteiger partial charge in [0.15, 0.2) is 6.10 Å². The van der Waals surface area contributed by atoms with Gasteiger partial charge < -0.3 is 28.6 Å². The van der Waals surface area contributed by atoms with Crippen LogP contribution in [-0.2, 0) is 28.6 Å². The topological polar surface area (TPSA) is 102 Å². The number of likely N-dealkylation sites (N-methyl/N-ethyl adjacent to an activating group) is 1. The van der Waals surface area contributed by atoms with Crippen LogP contribution in [0, 0.1) is 0 Å². The predicted octanol–water partition coefficient (Wildman–Crippen LogP) is 14.9. The Morgan fingerprint density at radius 2 is 0.836 bits per heavy atom. The Morgan fingerprint density at radius 1 is 0.463 bits per heavy atom. The molecule has 0 saturated carbocycles. The van der Waals surface area contributed by atoms with Crippen LogP contribution in [0.1, 0.15) is 232 Å². The molecule has 0 rings (SSSR count). The minimum Gasteiger partial charge on any atom is -0.544 e. The number of nitrogens with zero attached hydrogens (tertiary/aromatic N) is 1. The van der Waals surface area contributed by atoms with Crippen molar-refractivity contribution < 1.29 is 38.2 Å². The largest absolute Gasteiger partial charge is 0.544 e. The molecule has 0 aromatic rings. The van der Waals surface area contributed by atoms with Gasteiger partial charge in [-0.05, 0) is 83.5 Å². The number of hydrogen-bond donors (Lipinski definition) is 0. The molecule has 386 valence electrons. The van der Waals surface area contributed by atoms with Crippen molar-refractivity contribution in [2.45, 2.75) is 244 Å². The average Bonchev–Trinajstić information content (AvgIpc) is 3.29. The average molecular weight is 938 g/mol. The van der Waals surface area contributed by atoms with Crippen molar-refractivity contribution in [3.63, 3.8) is 0 Å². The third kappa shape index (κ3) is 47.6. The van der Waals surface area contributed by atoms with Crippen LogP contribution in [0.5, 0.6) is 0 Å². The molecule has 8 nitrogen and oxygen atoms in total. The van der Waals surface area contributed by atoms with Crippen molar-refractivity contribution in [3.8, 4) is 0 Å². The minimum atomic E-state index is -1.13. The number of hydrogen-bond acceptors (Lipinski definition) is 7. The van der Waals surface area contributed by atoms with Gasteiger partial charge in [-0.15, -0.1) is 0 Å². The van der Waals surface area contributed by atoms with Gasteiger partial charge in [-0.1, -0.05) is 202 Å². The second-order valence-corrected chi connectivity index (χ2v) is 19.4. The van der Waals surface area contributed by atoms with E-state index in [2.05, 4.69) is 86.8 Å². The summed E-state index contributed by atoms with van der Waals surface area (Å²) in [7, 11) is 5.42. The Morgan fingerprint density at radius 3 is 1.24 bits per heavy atom. The van der Waals surface area contributed by atoms with Gasteiger partial charge in [0.1, 0.15) is 12.6 Å². The van der Waals surface area contributed by atoms with Gasteiger partial charge in [-0.25, -0.2) is 0 Å². The zero-order valence-electron chi connectivity index (χ0n) is 44.1. The molecule has 0 amide bonds. The van der Waals surface area contributed by atoms with Gasteiger partial charge >= 0.3 is 11.9 Å². The van der Waals surface area contributed by atoms with E-state index >= 15 is 0 Å². The molecule has 0 radical (unpaired) electrons. The van der Waals surface area contributed by atoms with Gasteiger partial charge in [-0.3, -0.25) is 9.59 Å². The van der Waals surface area contributed by atoms with Crippen molar-refractivity contribution >= 4 is 17.9 Å². The lowest BCUT2D eigenvalue weighted by molar-refractivity contribution is -0.889. The first kappa shape index (κ1) is 63.8. The number of aliphatic carboxylic acids is 1. The molecule has 0 aliphatic carbocycles. The van der Waals surface area contributed by atoms with Gasteiger partial charge in [-0.2, -0.15) is 0 Å². The summed E-state index contributed by atoms with van der Waals surface area (Å²) < 4.78 is 17.3. The summed E-state index contributed by atoms with van der Waals surface area (Å²) in [6.07, 6.45) is 63.6. The Balaban J connectivity index is 4.21. The summed E-state index contributed by atoms with van der Waals surface area (Å²) >= 11 is 0. The molecule has 0 aliphatic heterocycles. The summed E-state index contributed by atoms with van der Waals surface area (Å²) in [5.41, 5.74) is 0. The lowest BCUT2D eigenvalue weighted by atomic mass is 10.0. The summed E-state index contributed by atoms with van der Waals surface area (Å²) in [4.78, 5) is 37.1. The van der Waals surface area contributed by atoms with Gasteiger partial charge in [0, 0.05) is 19.3 Å². The third-order valence-electron chi connectivity index (χ3n) is 12.1. The predicted molar refractivity (Wildman–Crippen MR) is 282 cm³/mol. The summed E-state index contributed by atoms with van der Waals surface area (Å²) in [5.74, 6) is -1.74. The quantitative estimate of drug-likeness (QED) is 0.0259. The van der Waals surface area contributed by atoms with Crippen molar-refractivity contribution in [3.05, 3.63) is 72.9 Å². The van der Waals surface area contributed by atoms with Crippen LogP contribution in [0.4, 0.5) is 0 Å². The SMILES string of the molecule is CC/C=C/C/C=C/C/C=C/CCCCCCCCCCCCCC(=O)OC(COCCC(C(=O)[O-])[N+](C)(C)C)COC(=O)CCCCCCCCCCC/C=C/C/C=C/C/C=C/CCCCC. The summed E-state index contributed by atoms with van der Waals surface area (Å²) in [6, 6.07) is -0.731. The van der Waals surface area contributed by atoms with Crippen LogP contribution in [0.15, 0.2) is 72.9 Å². The molecule has 2 unspecified atom stereocenters. The van der Waals surface area contributed by atoms with E-state index < -0.39 is 18.1 Å². The first-order valence-electron chi connectivity index (χ1n) is 27.5. The summed E-state index contributed by atoms with van der Waals surface area (Å²) in [6.45, 7) is 4.54. The fourth-order valence-corrected chi connectivity index (χ4v) is 7.86. The number of carboxylic acids is 1. The Kier molecular flexibility index (Phi) is 46.8. The standard InChI is InChI=1S/C59H103NO7/c1-6-8-10-12-14-16-18-20-22-24-26-28-30-31-33-35-37-39-41-43-45-47-49-57(61)66-54-55(53-65-52-51-56(59(63)64)60(3,4)5)67-58(62)50-48-46-44-42-40-38-36-34-32-29-27-25-23-21-19-17-15-13-11-9-7-2/h9,11,14-17,20-23,26,28,55-56H,6-8,10,12-13,18-19,24-25,27,29-54H2,1-5H3/b11-9+,16-14+,17-15+,22-20+,23-21+,28-26+. The van der Waals surface area contributed by atoms with Crippen LogP contribution in [0.25, 0.3) is 0 Å². The lowest BCUT2D eigenvalue weighted by Crippen LogP contribution is -2.55. The van der Waals surface area contributed by atoms with Crippen LogP contribution < -0.4 is 5.11 Å². The van der Waals surface area contributed by atoms with Crippen LogP contribution >= 0.6 is 0 Å². The maximum atomic E-state index is 12.8. The zero-order chi connectivity index (χ0) is 49.2. The molecule has 0 aromatic carbocycles. The minimum absolute atomic E-state index is 0.0360. The highest BCUT2D eigenvalue weighted by atomic mass is 16.6. The van der Waals surface area contributed by atoms with E-state index in [1.54, 1.807) is 21.1 Å². The number of quaternary nitrogens is 1. The number of carboxylic acid groups (broad SMARTS) is 1. The molecule has 0 heterocycles. The summed E-state index contributed by atoms with van der Waals surface area (Å²) in [5, 5.41) is 11.7. The second kappa shape index (κ2) is 49.2. The monoisotopic (exact) mass is 938 g/mol. The fraction of sp³-hybridized carbons (Fsp3) is 0.746. The normalized spacial score (nSPS) is 13.4. The number of ether oxygens (including phenoxy) is 3. The molecule has 0 spiro atoms. The van der Waals surface area contributed by atoms with Crippen LogP contribution in [0.2, 0.25) is 0 Å². The highest BCUT2D eigenvalue weighted by Gasteiger charge is 2.25. The number of esters is 2. The maximum Gasteiger partial charge on any atom is 0.306 e. The molecule has 2 atom stereocenters. The molecular weight excluding hydrogens is 835 g/mol. The molecule has 0 N–H and O–H groups in total. The van der Waals surface area contributed by atoms with E-state index in [0.29, 0.717) is 12.8 Å². The highest BCUT2D eigenvalue weighted by Crippen LogP contribution is 2.15. The number of carbonyl (C=O) groups is 3. The Labute approximate surface area is 412 Å². The van der Waals surface area contributed by atoms with E-state index in [1.165, 1.54) is 122 Å². The van der Waals surface area contributed by atoms with E-state index in [1.807, 2.05) is 0 Å². The first-order chi connectivity index (χ1) is 32.6. The number of rotatable bonds is 49. The van der Waals surface area contributed by atoms with Crippen molar-refractivity contribution in [1.29, 1.82) is 0 Å². The van der Waals surface area contributed by atoms with Gasteiger partial charge in [0.25, 0.3) is 0 Å². The van der Waals surface area contributed by atoms with Crippen molar-refractivity contribution in [1.82, 2.24) is 0 Å². The van der Waals surface area contributed by atoms with Gasteiger partial charge in [0.05, 0.1) is 40.3 Å². The molecular formula is C59H103NO7. The Bertz CT molecular complexity index is 1320. The third-order valence-corrected chi connectivity index (χ3v) is 12.1. The smallest absolute Gasteiger partial charge is 0.306 e. The zero-order valence-corrected chi connectivity index (χ0v) is 44.1. The van der Waals surface area contributed by atoms with E-state index in [-0.39, 0.29) is 42.7 Å². The van der Waals surface area contributed by atoms with E-state index in [0.717, 1.165) is 77.0 Å². The number of unbranched alkanes of at least 4 members (excludes halogenated alkanes) is 23. The van der Waals surface area contributed by atoms with Gasteiger partial charge in [0.2, 0.25) is 0 Å². The van der Waals surface area contributed by atoms with Crippen molar-refractivity contribution in [2.75, 3.05) is 41.0 Å². The van der Waals surface area contributed by atoms with E-state index in [9.17, 15) is 19.5 Å². The molecule has 0 saturated heterocycles. The fourth-order valence-electron chi connectivity index (χ4n) is 7.86. The van der Waals surface area contributed by atoms with Crippen molar-refractivity contribution in [2.24, 2.45) is 0 Å². The molecule has 0 aromatic heterocycles. The molecule has 67 heavy (non-hydrogen) atoms. The Hall–Kier alpha value is -3.23. The maximum absolute atomic E-state index is 12.8. The molecule has 0 bridgehead atoms. The van der Waals surface area contributed by atoms with Crippen LogP contribution in [0.3, 0.4) is 0 Å². The number of allylic oxidation sites excluding steroid dienone is 12. The highest BCUT2D eigenvalue weighted by molar-refractivity contribution is 5.70. The lowest BCUT2D eigenvalue weighted by Gasteiger charge is -2.34. The first-order valence-corrected chi connectivity index (χ1v) is 27.5. The van der Waals surface area contributed by atoms with E-state index in [4.69, 9.17) is 14.2 Å². The van der Waals surface area contributed by atoms with Crippen LogP contribution in [-0.4, -0.2) is 75.5 Å². The molecule has 0 aliphatic rings.